The fraction of sp³-hybridized carbons (Fsp3) is 0.304. The van der Waals surface area contributed by atoms with Crippen molar-refractivity contribution in [2.45, 2.75) is 42.1 Å². The molecule has 4 nitrogen and oxygen atoms in total. The standard InChI is InChI=1S/C23H27N3OS2/c1-3-14-26-22(18-29-21-12-5-4-6-13-21)24-25-23(26)28-16-8-7-15-27-20-11-9-10-19(2)17-20/h3-6,9-13,17H,1,7-8,14-16,18H2,2H3. The van der Waals surface area contributed by atoms with E-state index in [2.05, 4.69) is 64.7 Å². The van der Waals surface area contributed by atoms with Crippen LogP contribution in [0.25, 0.3) is 0 Å². The highest BCUT2D eigenvalue weighted by Crippen LogP contribution is 2.25. The number of aromatic nitrogens is 3. The van der Waals surface area contributed by atoms with Crippen LogP contribution in [-0.2, 0) is 12.3 Å². The summed E-state index contributed by atoms with van der Waals surface area (Å²) in [5, 5.41) is 9.78. The van der Waals surface area contributed by atoms with Crippen molar-refractivity contribution < 1.29 is 4.74 Å². The minimum absolute atomic E-state index is 0.733. The van der Waals surface area contributed by atoms with Gasteiger partial charge >= 0.3 is 0 Å². The van der Waals surface area contributed by atoms with E-state index < -0.39 is 0 Å². The van der Waals surface area contributed by atoms with Crippen molar-refractivity contribution in [3.8, 4) is 5.75 Å². The molecular weight excluding hydrogens is 398 g/mol. The average molecular weight is 426 g/mol. The predicted octanol–water partition coefficient (Wildman–Crippen LogP) is 6.02. The minimum Gasteiger partial charge on any atom is -0.494 e. The van der Waals surface area contributed by atoms with Gasteiger partial charge in [0, 0.05) is 17.2 Å². The SMILES string of the molecule is C=CCn1c(CSc2ccccc2)nnc1SCCCCOc1cccc(C)c1. The third-order valence-corrected chi connectivity index (χ3v) is 6.31. The summed E-state index contributed by atoms with van der Waals surface area (Å²) in [5.74, 6) is 3.74. The summed E-state index contributed by atoms with van der Waals surface area (Å²) in [5.41, 5.74) is 1.22. The molecule has 0 unspecified atom stereocenters. The summed E-state index contributed by atoms with van der Waals surface area (Å²) in [6.45, 7) is 7.43. The molecule has 0 fully saturated rings. The van der Waals surface area contributed by atoms with Crippen LogP contribution in [0.5, 0.6) is 5.75 Å². The van der Waals surface area contributed by atoms with Crippen molar-refractivity contribution in [1.29, 1.82) is 0 Å². The van der Waals surface area contributed by atoms with Gasteiger partial charge in [-0.25, -0.2) is 0 Å². The number of ether oxygens (including phenoxy) is 1. The van der Waals surface area contributed by atoms with Crippen LogP contribution in [0.3, 0.4) is 0 Å². The maximum atomic E-state index is 5.82. The van der Waals surface area contributed by atoms with Gasteiger partial charge in [-0.15, -0.1) is 28.5 Å². The van der Waals surface area contributed by atoms with Crippen LogP contribution in [-0.4, -0.2) is 27.1 Å². The third-order valence-electron chi connectivity index (χ3n) is 4.24. The Morgan fingerprint density at radius 2 is 1.90 bits per heavy atom. The molecule has 6 heteroatoms. The van der Waals surface area contributed by atoms with Crippen molar-refractivity contribution in [1.82, 2.24) is 14.8 Å². The van der Waals surface area contributed by atoms with Gasteiger partial charge in [0.05, 0.1) is 12.4 Å². The number of unbranched alkanes of at least 4 members (excludes halogenated alkanes) is 1. The highest BCUT2D eigenvalue weighted by molar-refractivity contribution is 7.99. The van der Waals surface area contributed by atoms with Crippen LogP contribution in [0.1, 0.15) is 24.2 Å². The van der Waals surface area contributed by atoms with E-state index in [1.165, 1.54) is 10.5 Å². The van der Waals surface area contributed by atoms with Crippen molar-refractivity contribution in [2.75, 3.05) is 12.4 Å². The summed E-state index contributed by atoms with van der Waals surface area (Å²) in [6, 6.07) is 18.6. The first-order chi connectivity index (χ1) is 14.3. The fourth-order valence-corrected chi connectivity index (χ4v) is 4.60. The average Bonchev–Trinajstić information content (AvgIpc) is 3.12. The van der Waals surface area contributed by atoms with Crippen LogP contribution in [0.2, 0.25) is 0 Å². The lowest BCUT2D eigenvalue weighted by Gasteiger charge is -2.08. The monoisotopic (exact) mass is 425 g/mol. The zero-order valence-electron chi connectivity index (χ0n) is 16.8. The van der Waals surface area contributed by atoms with E-state index in [-0.39, 0.29) is 0 Å². The highest BCUT2D eigenvalue weighted by Gasteiger charge is 2.12. The van der Waals surface area contributed by atoms with Crippen LogP contribution in [0.4, 0.5) is 0 Å². The quantitative estimate of drug-likeness (QED) is 0.202. The summed E-state index contributed by atoms with van der Waals surface area (Å²) < 4.78 is 7.98. The Labute approximate surface area is 181 Å². The maximum absolute atomic E-state index is 5.82. The topological polar surface area (TPSA) is 39.9 Å². The number of aryl methyl sites for hydroxylation is 1. The summed E-state index contributed by atoms with van der Waals surface area (Å²) in [4.78, 5) is 1.24. The summed E-state index contributed by atoms with van der Waals surface area (Å²) in [7, 11) is 0. The first-order valence-corrected chi connectivity index (χ1v) is 11.8. The Morgan fingerprint density at radius 1 is 1.03 bits per heavy atom. The molecule has 0 spiro atoms. The Morgan fingerprint density at radius 3 is 2.69 bits per heavy atom. The molecule has 0 saturated heterocycles. The van der Waals surface area contributed by atoms with Crippen molar-refractivity contribution in [3.05, 3.63) is 78.6 Å². The van der Waals surface area contributed by atoms with Crippen molar-refractivity contribution >= 4 is 23.5 Å². The molecule has 0 aliphatic carbocycles. The van der Waals surface area contributed by atoms with Crippen molar-refractivity contribution in [3.63, 3.8) is 0 Å². The molecule has 0 saturated carbocycles. The molecule has 0 aliphatic rings. The van der Waals surface area contributed by atoms with Crippen LogP contribution < -0.4 is 4.74 Å². The molecule has 0 bridgehead atoms. The highest BCUT2D eigenvalue weighted by atomic mass is 32.2. The molecule has 0 radical (unpaired) electrons. The normalized spacial score (nSPS) is 10.8. The van der Waals surface area contributed by atoms with E-state index in [0.717, 1.165) is 54.2 Å². The lowest BCUT2D eigenvalue weighted by atomic mass is 10.2. The van der Waals surface area contributed by atoms with Gasteiger partial charge in [0.1, 0.15) is 11.6 Å². The van der Waals surface area contributed by atoms with Gasteiger partial charge in [0.2, 0.25) is 0 Å². The Bertz CT molecular complexity index is 896. The second kappa shape index (κ2) is 11.7. The zero-order chi connectivity index (χ0) is 20.3. The fourth-order valence-electron chi connectivity index (χ4n) is 2.77. The molecule has 0 amide bonds. The van der Waals surface area contributed by atoms with E-state index in [1.807, 2.05) is 24.3 Å². The lowest BCUT2D eigenvalue weighted by Crippen LogP contribution is -2.03. The molecule has 2 aromatic carbocycles. The van der Waals surface area contributed by atoms with Gasteiger partial charge in [-0.1, -0.05) is 48.2 Å². The zero-order valence-corrected chi connectivity index (χ0v) is 18.4. The molecule has 0 aliphatic heterocycles. The molecule has 0 atom stereocenters. The molecule has 29 heavy (non-hydrogen) atoms. The predicted molar refractivity (Wildman–Crippen MR) is 123 cm³/mol. The third kappa shape index (κ3) is 6.98. The number of thioether (sulfide) groups is 2. The largest absolute Gasteiger partial charge is 0.494 e. The molecule has 1 aromatic heterocycles. The van der Waals surface area contributed by atoms with Gasteiger partial charge in [-0.05, 0) is 49.6 Å². The number of benzene rings is 2. The van der Waals surface area contributed by atoms with Gasteiger partial charge in [-0.3, -0.25) is 0 Å². The van der Waals surface area contributed by atoms with E-state index in [0.29, 0.717) is 0 Å². The number of rotatable bonds is 12. The van der Waals surface area contributed by atoms with Crippen LogP contribution in [0.15, 0.2) is 77.3 Å². The molecule has 3 rings (SSSR count). The van der Waals surface area contributed by atoms with Gasteiger partial charge < -0.3 is 9.30 Å². The maximum Gasteiger partial charge on any atom is 0.191 e. The molecule has 1 heterocycles. The Hall–Kier alpha value is -2.18. The second-order valence-electron chi connectivity index (χ2n) is 6.62. The van der Waals surface area contributed by atoms with Crippen LogP contribution >= 0.6 is 23.5 Å². The number of nitrogens with zero attached hydrogens (tertiary/aromatic N) is 3. The first-order valence-electron chi connectivity index (χ1n) is 9.79. The van der Waals surface area contributed by atoms with Gasteiger partial charge in [0.15, 0.2) is 5.16 Å². The summed E-state index contributed by atoms with van der Waals surface area (Å²) >= 11 is 3.53. The van der Waals surface area contributed by atoms with Gasteiger partial charge in [0.25, 0.3) is 0 Å². The van der Waals surface area contributed by atoms with Crippen molar-refractivity contribution in [2.24, 2.45) is 0 Å². The minimum atomic E-state index is 0.733. The van der Waals surface area contributed by atoms with Gasteiger partial charge in [-0.2, -0.15) is 0 Å². The Kier molecular flexibility index (Phi) is 8.71. The second-order valence-corrected chi connectivity index (χ2v) is 8.73. The van der Waals surface area contributed by atoms with E-state index in [4.69, 9.17) is 4.74 Å². The molecule has 3 aromatic rings. The number of allylic oxidation sites excluding steroid dienone is 1. The molecule has 0 N–H and O–H groups in total. The first kappa shape index (κ1) is 21.5. The molecular formula is C23H27N3OS2. The van der Waals surface area contributed by atoms with E-state index in [1.54, 1.807) is 23.5 Å². The lowest BCUT2D eigenvalue weighted by molar-refractivity contribution is 0.309. The van der Waals surface area contributed by atoms with Crippen LogP contribution in [0, 0.1) is 6.92 Å². The number of hydrogen-bond donors (Lipinski definition) is 0. The van der Waals surface area contributed by atoms with E-state index in [9.17, 15) is 0 Å². The van der Waals surface area contributed by atoms with E-state index >= 15 is 0 Å². The molecule has 152 valence electrons. The smallest absolute Gasteiger partial charge is 0.191 e. The Balaban J connectivity index is 1.43. The summed E-state index contributed by atoms with van der Waals surface area (Å²) in [6.07, 6.45) is 4.00. The number of hydrogen-bond acceptors (Lipinski definition) is 5.